The summed E-state index contributed by atoms with van der Waals surface area (Å²) < 4.78 is 20.2. The number of nitrogen functional groups attached to an aromatic ring is 1. The van der Waals surface area contributed by atoms with Crippen LogP contribution in [0.1, 0.15) is 85.7 Å². The van der Waals surface area contributed by atoms with Crippen molar-refractivity contribution in [1.29, 1.82) is 0 Å². The lowest BCUT2D eigenvalue weighted by Gasteiger charge is -2.34. The van der Waals surface area contributed by atoms with E-state index >= 15 is 0 Å². The highest BCUT2D eigenvalue weighted by atomic mass is 16.6. The van der Waals surface area contributed by atoms with Crippen LogP contribution in [0.5, 0.6) is 0 Å². The maximum Gasteiger partial charge on any atom is 0.410 e. The number of nitrogens with zero attached hydrogens (tertiary/aromatic N) is 4. The molecule has 0 radical (unpaired) electrons. The Bertz CT molecular complexity index is 1830. The van der Waals surface area contributed by atoms with E-state index in [1.807, 2.05) is 70.7 Å². The van der Waals surface area contributed by atoms with Crippen molar-refractivity contribution in [1.82, 2.24) is 18.9 Å². The summed E-state index contributed by atoms with van der Waals surface area (Å²) in [7, 11) is 1.40. The summed E-state index contributed by atoms with van der Waals surface area (Å²) in [6, 6.07) is 17.1. The first-order chi connectivity index (χ1) is 24.6. The molecule has 0 saturated carbocycles. The number of hydrogen-bond acceptors (Lipinski definition) is 8. The second-order valence-corrected chi connectivity index (χ2v) is 15.6. The molecule has 2 fully saturated rings. The van der Waals surface area contributed by atoms with Gasteiger partial charge in [0.05, 0.1) is 24.6 Å². The quantitative estimate of drug-likeness (QED) is 0.117. The number of carbonyl (C=O) groups is 3. The van der Waals surface area contributed by atoms with Crippen LogP contribution in [0.2, 0.25) is 0 Å². The molecule has 0 spiro atoms. The van der Waals surface area contributed by atoms with Gasteiger partial charge in [0.1, 0.15) is 11.2 Å². The zero-order valence-electron chi connectivity index (χ0n) is 31.8. The molecule has 0 bridgehead atoms. The van der Waals surface area contributed by atoms with E-state index in [1.54, 1.807) is 4.90 Å². The summed E-state index contributed by atoms with van der Waals surface area (Å²) in [5.41, 5.74) is 9.27. The van der Waals surface area contributed by atoms with Crippen molar-refractivity contribution in [3.63, 3.8) is 0 Å². The van der Waals surface area contributed by atoms with Crippen molar-refractivity contribution >= 4 is 51.3 Å². The number of rotatable bonds is 6. The van der Waals surface area contributed by atoms with E-state index in [1.165, 1.54) is 12.6 Å². The number of esters is 1. The number of aromatic nitrogens is 2. The number of hydrogen-bond donors (Lipinski definition) is 2. The zero-order chi connectivity index (χ0) is 37.6. The van der Waals surface area contributed by atoms with E-state index < -0.39 is 11.2 Å². The van der Waals surface area contributed by atoms with Gasteiger partial charge in [0.2, 0.25) is 0 Å². The number of nitrogens with one attached hydrogen (secondary N) is 1. The molecule has 12 heteroatoms. The lowest BCUT2D eigenvalue weighted by atomic mass is 10.0. The van der Waals surface area contributed by atoms with Gasteiger partial charge in [-0.15, -0.1) is 0 Å². The molecule has 4 heterocycles. The van der Waals surface area contributed by atoms with Gasteiger partial charge in [-0.2, -0.15) is 0 Å². The molecule has 2 saturated heterocycles. The first kappa shape index (κ1) is 38.4. The van der Waals surface area contributed by atoms with Gasteiger partial charge >= 0.3 is 18.2 Å². The Morgan fingerprint density at radius 1 is 0.712 bits per heavy atom. The summed E-state index contributed by atoms with van der Waals surface area (Å²) in [5.74, 6) is -0.223. The van der Waals surface area contributed by atoms with Crippen molar-refractivity contribution in [2.24, 2.45) is 0 Å². The van der Waals surface area contributed by atoms with Crippen LogP contribution in [0.25, 0.3) is 21.8 Å². The molecule has 4 aromatic rings. The second kappa shape index (κ2) is 16.2. The molecule has 0 aliphatic carbocycles. The van der Waals surface area contributed by atoms with Crippen molar-refractivity contribution in [2.45, 2.75) is 96.9 Å². The van der Waals surface area contributed by atoms with E-state index in [9.17, 15) is 14.4 Å². The Kier molecular flexibility index (Phi) is 12.0. The van der Waals surface area contributed by atoms with Gasteiger partial charge in [-0.3, -0.25) is 4.79 Å². The number of likely N-dealkylation sites (tertiary alicyclic amines) is 2. The van der Waals surface area contributed by atoms with Gasteiger partial charge in [0.15, 0.2) is 0 Å². The van der Waals surface area contributed by atoms with Crippen molar-refractivity contribution in [2.75, 3.05) is 50.9 Å². The van der Waals surface area contributed by atoms with Gasteiger partial charge in [-0.25, -0.2) is 9.59 Å². The Morgan fingerprint density at radius 3 is 1.65 bits per heavy atom. The average molecular weight is 717 g/mol. The number of benzene rings is 2. The minimum Gasteiger partial charge on any atom is -0.469 e. The summed E-state index contributed by atoms with van der Waals surface area (Å²) >= 11 is 0. The van der Waals surface area contributed by atoms with E-state index in [2.05, 4.69) is 51.1 Å². The molecule has 2 aromatic heterocycles. The summed E-state index contributed by atoms with van der Waals surface area (Å²) in [4.78, 5) is 39.4. The smallest absolute Gasteiger partial charge is 0.410 e. The molecule has 2 aliphatic rings. The molecule has 12 nitrogen and oxygen atoms in total. The number of piperidine rings is 2. The fraction of sp³-hybridized carbons (Fsp3) is 0.525. The summed E-state index contributed by atoms with van der Waals surface area (Å²) in [6.07, 6.45) is 7.75. The topological polar surface area (TPSA) is 133 Å². The van der Waals surface area contributed by atoms with Crippen LogP contribution >= 0.6 is 0 Å². The van der Waals surface area contributed by atoms with Crippen LogP contribution in [0.3, 0.4) is 0 Å². The number of methoxy groups -OCH3 is 1. The molecule has 0 unspecified atom stereocenters. The third-order valence-electron chi connectivity index (χ3n) is 9.45. The standard InChI is InChI=1S/C22H31N3O4.C18H25N3O2/c1-22(2,3)29-21(27)24-13-9-16(10-14-24)25-15-11-17-18(6-5-7-19(17)25)23-12-8-20(26)28-4;1-18(2,3)23-17(22)20-10-7-13(8-11-20)21-12-9-14-15(19)5-4-6-16(14)21/h5-7,11,15-16,23H,8-10,12-14H2,1-4H3;4-6,9,12-13H,7-8,10-11,19H2,1-3H3. The van der Waals surface area contributed by atoms with Crippen molar-refractivity contribution < 1.29 is 28.6 Å². The van der Waals surface area contributed by atoms with Crippen LogP contribution in [0.4, 0.5) is 21.0 Å². The van der Waals surface area contributed by atoms with Crippen LogP contribution in [-0.4, -0.2) is 88.1 Å². The molecule has 2 aromatic carbocycles. The SMILES string of the molecule is CC(C)(C)OC(=O)N1CCC(n2ccc3c(N)cccc32)CC1.COC(=O)CCNc1cccc2c1ccn2C1CCN(C(=O)OC(C)(C)C)CC1. The van der Waals surface area contributed by atoms with Crippen LogP contribution in [0, 0.1) is 0 Å². The van der Waals surface area contributed by atoms with Crippen LogP contribution in [-0.2, 0) is 19.0 Å². The fourth-order valence-corrected chi connectivity index (χ4v) is 6.90. The maximum absolute atomic E-state index is 12.3. The first-order valence-electron chi connectivity index (χ1n) is 18.3. The number of amides is 2. The Balaban J connectivity index is 0.000000206. The van der Waals surface area contributed by atoms with Gasteiger partial charge in [0.25, 0.3) is 0 Å². The maximum atomic E-state index is 12.3. The molecule has 6 rings (SSSR count). The lowest BCUT2D eigenvalue weighted by molar-refractivity contribution is -0.140. The second-order valence-electron chi connectivity index (χ2n) is 15.6. The number of anilines is 2. The van der Waals surface area contributed by atoms with E-state index in [0.29, 0.717) is 38.1 Å². The molecule has 3 N–H and O–H groups in total. The monoisotopic (exact) mass is 716 g/mol. The molecule has 52 heavy (non-hydrogen) atoms. The summed E-state index contributed by atoms with van der Waals surface area (Å²) in [5, 5.41) is 5.56. The largest absolute Gasteiger partial charge is 0.469 e. The van der Waals surface area contributed by atoms with Gasteiger partial charge in [-0.1, -0.05) is 12.1 Å². The number of nitrogens with two attached hydrogens (primary N) is 1. The minimum atomic E-state index is -0.470. The highest BCUT2D eigenvalue weighted by Crippen LogP contribution is 2.33. The number of fused-ring (bicyclic) bond motifs is 2. The molecule has 2 amide bonds. The van der Waals surface area contributed by atoms with E-state index in [0.717, 1.165) is 66.4 Å². The first-order valence-corrected chi connectivity index (χ1v) is 18.3. The average Bonchev–Trinajstić information content (AvgIpc) is 3.73. The van der Waals surface area contributed by atoms with Gasteiger partial charge < -0.3 is 44.2 Å². The summed E-state index contributed by atoms with van der Waals surface area (Å²) in [6.45, 7) is 14.7. The van der Waals surface area contributed by atoms with Crippen LogP contribution < -0.4 is 11.1 Å². The Hall–Kier alpha value is -4.87. The van der Waals surface area contributed by atoms with Gasteiger partial charge in [0, 0.05) is 79.3 Å². The highest BCUT2D eigenvalue weighted by molar-refractivity contribution is 5.93. The van der Waals surface area contributed by atoms with Gasteiger partial charge in [-0.05, 0) is 104 Å². The van der Waals surface area contributed by atoms with Crippen LogP contribution in [0.15, 0.2) is 60.9 Å². The molecule has 0 atom stereocenters. The molecule has 282 valence electrons. The predicted molar refractivity (Wildman–Crippen MR) is 206 cm³/mol. The number of ether oxygens (including phenoxy) is 3. The highest BCUT2D eigenvalue weighted by Gasteiger charge is 2.29. The normalized spacial score (nSPS) is 16.0. The third-order valence-corrected chi connectivity index (χ3v) is 9.45. The third kappa shape index (κ3) is 9.71. The lowest BCUT2D eigenvalue weighted by Crippen LogP contribution is -2.42. The van der Waals surface area contributed by atoms with Crippen molar-refractivity contribution in [3.8, 4) is 0 Å². The molecular formula is C40H56N6O6. The van der Waals surface area contributed by atoms with E-state index in [-0.39, 0.29) is 18.2 Å². The van der Waals surface area contributed by atoms with Crippen molar-refractivity contribution in [3.05, 3.63) is 60.9 Å². The fourth-order valence-electron chi connectivity index (χ4n) is 6.90. The Labute approximate surface area is 307 Å². The zero-order valence-corrected chi connectivity index (χ0v) is 31.8. The number of carbonyl (C=O) groups excluding carboxylic acids is 3. The molecule has 2 aliphatic heterocycles. The predicted octanol–water partition coefficient (Wildman–Crippen LogP) is 7.98. The minimum absolute atomic E-state index is 0.211. The molecular weight excluding hydrogens is 660 g/mol. The Morgan fingerprint density at radius 2 is 1.17 bits per heavy atom. The van der Waals surface area contributed by atoms with E-state index in [4.69, 9.17) is 19.9 Å².